The summed E-state index contributed by atoms with van der Waals surface area (Å²) in [5.74, 6) is 1.60. The summed E-state index contributed by atoms with van der Waals surface area (Å²) in [6, 6.07) is 0. The van der Waals surface area contributed by atoms with E-state index in [0.717, 1.165) is 31.6 Å². The molecule has 0 aromatic carbocycles. The van der Waals surface area contributed by atoms with E-state index in [2.05, 4.69) is 14.9 Å². The molecule has 1 saturated carbocycles. The summed E-state index contributed by atoms with van der Waals surface area (Å²) in [5.41, 5.74) is -0.654. The molecule has 2 aliphatic heterocycles. The van der Waals surface area contributed by atoms with E-state index in [1.165, 1.54) is 12.4 Å². The van der Waals surface area contributed by atoms with Crippen LogP contribution in [0.15, 0.2) is 17.4 Å². The first-order valence-corrected chi connectivity index (χ1v) is 9.21. The quantitative estimate of drug-likeness (QED) is 0.795. The molecule has 26 heavy (non-hydrogen) atoms. The van der Waals surface area contributed by atoms with Gasteiger partial charge < -0.3 is 9.64 Å². The van der Waals surface area contributed by atoms with Crippen molar-refractivity contribution in [2.45, 2.75) is 31.7 Å². The van der Waals surface area contributed by atoms with Gasteiger partial charge in [-0.2, -0.15) is 0 Å². The average molecular weight is 361 g/mol. The van der Waals surface area contributed by atoms with Crippen LogP contribution in [0.1, 0.15) is 26.2 Å². The van der Waals surface area contributed by atoms with Crippen molar-refractivity contribution in [1.82, 2.24) is 14.9 Å². The summed E-state index contributed by atoms with van der Waals surface area (Å²) >= 11 is 0. The Bertz CT molecular complexity index is 725. The molecule has 1 saturated heterocycles. The van der Waals surface area contributed by atoms with Crippen LogP contribution in [0.2, 0.25) is 0 Å². The van der Waals surface area contributed by atoms with Gasteiger partial charge in [-0.15, -0.1) is 0 Å². The number of anilines is 1. The first kappa shape index (κ1) is 17.3. The van der Waals surface area contributed by atoms with Gasteiger partial charge in [-0.3, -0.25) is 14.7 Å². The molecule has 2 fully saturated rings. The van der Waals surface area contributed by atoms with Crippen LogP contribution in [0.5, 0.6) is 0 Å². The van der Waals surface area contributed by atoms with Gasteiger partial charge in [0.1, 0.15) is 11.4 Å². The normalized spacial score (nSPS) is 30.4. The lowest BCUT2D eigenvalue weighted by molar-refractivity contribution is -0.132. The molecular weight excluding hydrogens is 337 g/mol. The third-order valence-corrected chi connectivity index (χ3v) is 5.93. The van der Waals surface area contributed by atoms with Crippen LogP contribution in [0.25, 0.3) is 0 Å². The molecular formula is C18H24FN5O2. The first-order chi connectivity index (χ1) is 12.6. The molecule has 7 nitrogen and oxygen atoms in total. The Labute approximate surface area is 152 Å². The summed E-state index contributed by atoms with van der Waals surface area (Å²) in [5, 5.41) is 0. The van der Waals surface area contributed by atoms with E-state index in [4.69, 9.17) is 9.73 Å². The molecule has 3 aliphatic rings. The number of rotatable bonds is 5. The summed E-state index contributed by atoms with van der Waals surface area (Å²) in [6.07, 6.45) is 4.87. The lowest BCUT2D eigenvalue weighted by atomic mass is 9.85. The zero-order chi connectivity index (χ0) is 18.3. The molecule has 1 aromatic heterocycles. The maximum atomic E-state index is 13.3. The highest BCUT2D eigenvalue weighted by atomic mass is 19.1. The van der Waals surface area contributed by atoms with Crippen LogP contribution in [0, 0.1) is 17.7 Å². The van der Waals surface area contributed by atoms with Gasteiger partial charge in [0.25, 0.3) is 5.91 Å². The minimum atomic E-state index is -0.654. The molecule has 8 heteroatoms. The van der Waals surface area contributed by atoms with Crippen molar-refractivity contribution < 1.29 is 13.9 Å². The van der Waals surface area contributed by atoms with Crippen LogP contribution in [-0.2, 0) is 9.53 Å². The van der Waals surface area contributed by atoms with E-state index in [1.807, 2.05) is 11.8 Å². The predicted molar refractivity (Wildman–Crippen MR) is 94.5 cm³/mol. The van der Waals surface area contributed by atoms with Gasteiger partial charge >= 0.3 is 0 Å². The van der Waals surface area contributed by atoms with Crippen LogP contribution >= 0.6 is 0 Å². The van der Waals surface area contributed by atoms with Crippen molar-refractivity contribution in [2.75, 3.05) is 38.3 Å². The van der Waals surface area contributed by atoms with Crippen molar-refractivity contribution in [2.24, 2.45) is 16.8 Å². The van der Waals surface area contributed by atoms with Crippen LogP contribution in [-0.4, -0.2) is 65.5 Å². The van der Waals surface area contributed by atoms with E-state index in [1.54, 1.807) is 7.11 Å². The maximum Gasteiger partial charge on any atom is 0.256 e. The van der Waals surface area contributed by atoms with E-state index in [0.29, 0.717) is 31.6 Å². The van der Waals surface area contributed by atoms with Gasteiger partial charge in [0.05, 0.1) is 25.5 Å². The fraction of sp³-hybridized carbons (Fsp3) is 0.667. The molecule has 0 N–H and O–H groups in total. The predicted octanol–water partition coefficient (Wildman–Crippen LogP) is 1.50. The van der Waals surface area contributed by atoms with Gasteiger partial charge in [0.2, 0.25) is 5.95 Å². The number of ether oxygens (including phenoxy) is 1. The number of amides is 1. The fourth-order valence-corrected chi connectivity index (χ4v) is 4.70. The SMILES string of the molecule is CCC1=N[C@@]2(CC[C@@H]3CN(c4ncc(F)cn4)C[C@@H]32)C(=O)N1CCOC. The molecule has 4 rings (SSSR count). The molecule has 0 unspecified atom stereocenters. The fourth-order valence-electron chi connectivity index (χ4n) is 4.70. The highest BCUT2D eigenvalue weighted by Crippen LogP contribution is 2.50. The highest BCUT2D eigenvalue weighted by molar-refractivity contribution is 6.08. The van der Waals surface area contributed by atoms with Gasteiger partial charge in [0, 0.05) is 32.5 Å². The minimum absolute atomic E-state index is 0.112. The van der Waals surface area contributed by atoms with Crippen molar-refractivity contribution in [3.05, 3.63) is 18.2 Å². The first-order valence-electron chi connectivity index (χ1n) is 9.21. The van der Waals surface area contributed by atoms with E-state index in [9.17, 15) is 9.18 Å². The van der Waals surface area contributed by atoms with Crippen LogP contribution < -0.4 is 4.90 Å². The zero-order valence-electron chi connectivity index (χ0n) is 15.2. The van der Waals surface area contributed by atoms with E-state index in [-0.39, 0.29) is 11.8 Å². The van der Waals surface area contributed by atoms with Crippen molar-refractivity contribution in [3.8, 4) is 0 Å². The molecule has 140 valence electrons. The molecule has 3 heterocycles. The number of aromatic nitrogens is 2. The Morgan fingerprint density at radius 3 is 2.81 bits per heavy atom. The number of hydrogen-bond acceptors (Lipinski definition) is 6. The van der Waals surface area contributed by atoms with Gasteiger partial charge in [-0.05, 0) is 18.8 Å². The number of carbonyl (C=O) groups is 1. The second kappa shape index (κ2) is 6.57. The second-order valence-corrected chi connectivity index (χ2v) is 7.27. The number of carbonyl (C=O) groups excluding carboxylic acids is 1. The Morgan fingerprint density at radius 1 is 1.35 bits per heavy atom. The summed E-state index contributed by atoms with van der Waals surface area (Å²) < 4.78 is 18.3. The third kappa shape index (κ3) is 2.58. The summed E-state index contributed by atoms with van der Waals surface area (Å²) in [7, 11) is 1.64. The molecule has 1 aliphatic carbocycles. The highest BCUT2D eigenvalue weighted by Gasteiger charge is 2.61. The van der Waals surface area contributed by atoms with Crippen LogP contribution in [0.4, 0.5) is 10.3 Å². The molecule has 1 spiro atoms. The minimum Gasteiger partial charge on any atom is -0.383 e. The Morgan fingerprint density at radius 2 is 2.12 bits per heavy atom. The zero-order valence-corrected chi connectivity index (χ0v) is 15.2. The van der Waals surface area contributed by atoms with Crippen molar-refractivity contribution in [1.29, 1.82) is 0 Å². The topological polar surface area (TPSA) is 70.9 Å². The van der Waals surface area contributed by atoms with Gasteiger partial charge in [-0.25, -0.2) is 14.4 Å². The van der Waals surface area contributed by atoms with E-state index < -0.39 is 11.4 Å². The summed E-state index contributed by atoms with van der Waals surface area (Å²) in [6.45, 7) is 4.56. The largest absolute Gasteiger partial charge is 0.383 e. The standard InChI is InChI=1S/C18H24FN5O2/c1-3-15-22-18(16(25)24(15)6-7-26-2)5-4-12-10-23(11-14(12)18)17-20-8-13(19)9-21-17/h8-9,12,14H,3-7,10-11H2,1-2H3/t12-,14+,18-/m1/s1. The Balaban J connectivity index is 1.58. The number of methoxy groups -OCH3 is 1. The molecule has 3 atom stereocenters. The Kier molecular flexibility index (Phi) is 4.38. The second-order valence-electron chi connectivity index (χ2n) is 7.27. The lowest BCUT2D eigenvalue weighted by Gasteiger charge is -2.28. The average Bonchev–Trinajstić information content (AvgIpc) is 3.29. The number of aliphatic imine (C=N–C) groups is 1. The van der Waals surface area contributed by atoms with Gasteiger partial charge in [-0.1, -0.05) is 6.92 Å². The monoisotopic (exact) mass is 361 g/mol. The molecule has 1 aromatic rings. The number of fused-ring (bicyclic) bond motifs is 2. The number of halogens is 1. The van der Waals surface area contributed by atoms with E-state index >= 15 is 0 Å². The number of nitrogens with zero attached hydrogens (tertiary/aromatic N) is 5. The Hall–Kier alpha value is -2.09. The van der Waals surface area contributed by atoms with Gasteiger partial charge in [0.15, 0.2) is 5.82 Å². The third-order valence-electron chi connectivity index (χ3n) is 5.93. The lowest BCUT2D eigenvalue weighted by Crippen LogP contribution is -2.47. The van der Waals surface area contributed by atoms with Crippen molar-refractivity contribution in [3.63, 3.8) is 0 Å². The maximum absolute atomic E-state index is 13.3. The number of amidine groups is 1. The summed E-state index contributed by atoms with van der Waals surface area (Å²) in [4.78, 5) is 30.3. The molecule has 0 bridgehead atoms. The van der Waals surface area contributed by atoms with Crippen LogP contribution in [0.3, 0.4) is 0 Å². The smallest absolute Gasteiger partial charge is 0.256 e. The molecule has 0 radical (unpaired) electrons. The number of hydrogen-bond donors (Lipinski definition) is 0. The van der Waals surface area contributed by atoms with Crippen molar-refractivity contribution >= 4 is 17.7 Å². The molecule has 1 amide bonds.